The Bertz CT molecular complexity index is 193. The lowest BCUT2D eigenvalue weighted by Crippen LogP contribution is -1.89. The van der Waals surface area contributed by atoms with Crippen LogP contribution in [-0.4, -0.2) is 6.61 Å². The molecule has 0 heterocycles. The standard InChI is InChI=1S/C8H9OS/c1-2-9-7-3-5-8(10)6-4-7/h3-6H,2H2,1H3. The molecule has 0 amide bonds. The van der Waals surface area contributed by atoms with Gasteiger partial charge in [0.05, 0.1) is 6.61 Å². The number of ether oxygens (including phenoxy) is 1. The maximum Gasteiger partial charge on any atom is 0.119 e. The van der Waals surface area contributed by atoms with Crippen molar-refractivity contribution in [2.75, 3.05) is 6.61 Å². The molecule has 0 aromatic heterocycles. The molecule has 0 saturated carbocycles. The van der Waals surface area contributed by atoms with Crippen molar-refractivity contribution < 1.29 is 4.74 Å². The molecule has 0 saturated heterocycles. The van der Waals surface area contributed by atoms with Gasteiger partial charge in [0.1, 0.15) is 5.75 Å². The van der Waals surface area contributed by atoms with Crippen LogP contribution in [0.4, 0.5) is 0 Å². The molecular formula is C8H9OS. The van der Waals surface area contributed by atoms with Crippen LogP contribution in [0.25, 0.3) is 0 Å². The Kier molecular flexibility index (Phi) is 2.51. The molecule has 0 aliphatic rings. The third-order valence-electron chi connectivity index (χ3n) is 1.13. The van der Waals surface area contributed by atoms with E-state index in [2.05, 4.69) is 0 Å². The van der Waals surface area contributed by atoms with E-state index in [4.69, 9.17) is 17.4 Å². The van der Waals surface area contributed by atoms with Crippen LogP contribution in [0.1, 0.15) is 6.92 Å². The smallest absolute Gasteiger partial charge is 0.119 e. The summed E-state index contributed by atoms with van der Waals surface area (Å²) < 4.78 is 5.21. The number of rotatable bonds is 2. The average molecular weight is 153 g/mol. The summed E-state index contributed by atoms with van der Waals surface area (Å²) in [6, 6.07) is 7.48. The molecule has 0 bridgehead atoms. The Morgan fingerprint density at radius 3 is 2.40 bits per heavy atom. The second-order valence-electron chi connectivity index (χ2n) is 1.90. The molecule has 53 valence electrons. The van der Waals surface area contributed by atoms with E-state index in [1.54, 1.807) is 0 Å². The zero-order valence-electron chi connectivity index (χ0n) is 5.83. The highest BCUT2D eigenvalue weighted by molar-refractivity contribution is 7.80. The van der Waals surface area contributed by atoms with Gasteiger partial charge in [-0.25, -0.2) is 0 Å². The predicted molar refractivity (Wildman–Crippen MR) is 43.5 cm³/mol. The van der Waals surface area contributed by atoms with Gasteiger partial charge in [0.15, 0.2) is 0 Å². The van der Waals surface area contributed by atoms with Crippen molar-refractivity contribution in [3.8, 4) is 5.75 Å². The lowest BCUT2D eigenvalue weighted by Gasteiger charge is -2.00. The molecular weight excluding hydrogens is 144 g/mol. The third kappa shape index (κ3) is 1.88. The highest BCUT2D eigenvalue weighted by atomic mass is 32.1. The first-order valence-electron chi connectivity index (χ1n) is 3.23. The topological polar surface area (TPSA) is 9.23 Å². The molecule has 0 aliphatic heterocycles. The summed E-state index contributed by atoms with van der Waals surface area (Å²) >= 11 is 4.90. The van der Waals surface area contributed by atoms with Gasteiger partial charge in [-0.15, -0.1) is 0 Å². The molecule has 2 heteroatoms. The number of hydrogen-bond acceptors (Lipinski definition) is 1. The van der Waals surface area contributed by atoms with Crippen molar-refractivity contribution in [1.29, 1.82) is 0 Å². The van der Waals surface area contributed by atoms with Crippen LogP contribution in [0, 0.1) is 0 Å². The molecule has 1 aromatic rings. The minimum Gasteiger partial charge on any atom is -0.494 e. The summed E-state index contributed by atoms with van der Waals surface area (Å²) in [7, 11) is 0. The van der Waals surface area contributed by atoms with Crippen LogP contribution >= 0.6 is 12.6 Å². The van der Waals surface area contributed by atoms with E-state index in [9.17, 15) is 0 Å². The van der Waals surface area contributed by atoms with Gasteiger partial charge in [0.25, 0.3) is 0 Å². The molecule has 1 radical (unpaired) electrons. The van der Waals surface area contributed by atoms with Crippen molar-refractivity contribution in [1.82, 2.24) is 0 Å². The quantitative estimate of drug-likeness (QED) is 0.634. The Balaban J connectivity index is 2.69. The van der Waals surface area contributed by atoms with E-state index < -0.39 is 0 Å². The molecule has 0 aliphatic carbocycles. The van der Waals surface area contributed by atoms with E-state index in [1.807, 2.05) is 31.2 Å². The Hall–Kier alpha value is -0.760. The lowest BCUT2D eigenvalue weighted by molar-refractivity contribution is 0.340. The lowest BCUT2D eigenvalue weighted by atomic mass is 10.3. The maximum atomic E-state index is 5.21. The fourth-order valence-electron chi connectivity index (χ4n) is 0.703. The van der Waals surface area contributed by atoms with Gasteiger partial charge in [-0.05, 0) is 31.2 Å². The molecule has 0 fully saturated rings. The summed E-state index contributed by atoms with van der Waals surface area (Å²) in [4.78, 5) is 0.850. The number of hydrogen-bond donors (Lipinski definition) is 0. The molecule has 10 heavy (non-hydrogen) atoms. The summed E-state index contributed by atoms with van der Waals surface area (Å²) in [5.41, 5.74) is 0. The van der Waals surface area contributed by atoms with Crippen LogP contribution in [0.5, 0.6) is 5.75 Å². The van der Waals surface area contributed by atoms with E-state index >= 15 is 0 Å². The second kappa shape index (κ2) is 3.42. The van der Waals surface area contributed by atoms with Crippen molar-refractivity contribution in [2.24, 2.45) is 0 Å². The molecule has 0 unspecified atom stereocenters. The van der Waals surface area contributed by atoms with Gasteiger partial charge in [-0.3, -0.25) is 0 Å². The number of benzene rings is 1. The summed E-state index contributed by atoms with van der Waals surface area (Å²) in [5, 5.41) is 0. The van der Waals surface area contributed by atoms with E-state index in [-0.39, 0.29) is 0 Å². The van der Waals surface area contributed by atoms with Crippen LogP contribution in [-0.2, 0) is 0 Å². The Morgan fingerprint density at radius 2 is 1.90 bits per heavy atom. The normalized spacial score (nSPS) is 9.30. The highest BCUT2D eigenvalue weighted by Gasteiger charge is 1.89. The fraction of sp³-hybridized carbons (Fsp3) is 0.250. The molecule has 1 nitrogen and oxygen atoms in total. The van der Waals surface area contributed by atoms with Crippen LogP contribution < -0.4 is 4.74 Å². The molecule has 1 aromatic carbocycles. The van der Waals surface area contributed by atoms with Crippen molar-refractivity contribution >= 4 is 12.6 Å². The zero-order valence-corrected chi connectivity index (χ0v) is 6.65. The van der Waals surface area contributed by atoms with E-state index in [0.29, 0.717) is 6.61 Å². The molecule has 1 rings (SSSR count). The summed E-state index contributed by atoms with van der Waals surface area (Å²) in [6.45, 7) is 2.67. The Morgan fingerprint density at radius 1 is 1.30 bits per heavy atom. The van der Waals surface area contributed by atoms with Crippen LogP contribution in [0.15, 0.2) is 29.2 Å². The van der Waals surface area contributed by atoms with Crippen LogP contribution in [0.2, 0.25) is 0 Å². The zero-order chi connectivity index (χ0) is 7.40. The predicted octanol–water partition coefficient (Wildman–Crippen LogP) is 2.64. The third-order valence-corrected chi connectivity index (χ3v) is 1.41. The van der Waals surface area contributed by atoms with Gasteiger partial charge < -0.3 is 4.74 Å². The monoisotopic (exact) mass is 153 g/mol. The fourth-order valence-corrected chi connectivity index (χ4v) is 0.839. The first-order chi connectivity index (χ1) is 4.83. The van der Waals surface area contributed by atoms with Crippen molar-refractivity contribution in [3.05, 3.63) is 24.3 Å². The molecule has 0 atom stereocenters. The summed E-state index contributed by atoms with van der Waals surface area (Å²) in [6.07, 6.45) is 0. The van der Waals surface area contributed by atoms with Gasteiger partial charge in [-0.2, -0.15) is 0 Å². The highest BCUT2D eigenvalue weighted by Crippen LogP contribution is 2.13. The van der Waals surface area contributed by atoms with Crippen molar-refractivity contribution in [3.63, 3.8) is 0 Å². The first kappa shape index (κ1) is 7.35. The second-order valence-corrected chi connectivity index (χ2v) is 2.38. The van der Waals surface area contributed by atoms with Crippen molar-refractivity contribution in [2.45, 2.75) is 11.8 Å². The van der Waals surface area contributed by atoms with Gasteiger partial charge in [0.2, 0.25) is 0 Å². The van der Waals surface area contributed by atoms with E-state index in [0.717, 1.165) is 10.6 Å². The molecule has 0 N–H and O–H groups in total. The maximum absolute atomic E-state index is 5.21. The average Bonchev–Trinajstić information content (AvgIpc) is 1.95. The van der Waals surface area contributed by atoms with Gasteiger partial charge in [-0.1, -0.05) is 12.6 Å². The minimum absolute atomic E-state index is 0.705. The summed E-state index contributed by atoms with van der Waals surface area (Å²) in [5.74, 6) is 0.885. The largest absolute Gasteiger partial charge is 0.494 e. The van der Waals surface area contributed by atoms with Crippen LogP contribution in [0.3, 0.4) is 0 Å². The minimum atomic E-state index is 0.705. The van der Waals surface area contributed by atoms with Gasteiger partial charge >= 0.3 is 0 Å². The SMILES string of the molecule is CCOc1ccc([S])cc1. The Labute approximate surface area is 66.4 Å². The van der Waals surface area contributed by atoms with Gasteiger partial charge in [0, 0.05) is 4.90 Å². The van der Waals surface area contributed by atoms with E-state index in [1.165, 1.54) is 0 Å². The first-order valence-corrected chi connectivity index (χ1v) is 3.63. The molecule has 0 spiro atoms.